The minimum absolute atomic E-state index is 0.103. The molecule has 0 unspecified atom stereocenters. The quantitative estimate of drug-likeness (QED) is 0.712. The Morgan fingerprint density at radius 3 is 2.42 bits per heavy atom. The van der Waals surface area contributed by atoms with Gasteiger partial charge in [-0.1, -0.05) is 42.5 Å². The standard InChI is InChI=1S/C22H23N3O/c1-16-7-3-4-8-17(16)21-15-19(18-9-5-6-10-20(18)23-21)22(26)25-13-11-24(2)12-14-25/h3-10,15H,11-14H2,1-2H3. The molecular formula is C22H23N3O. The molecule has 4 heteroatoms. The van der Waals surface area contributed by atoms with E-state index in [0.717, 1.165) is 59.5 Å². The molecule has 1 saturated heterocycles. The first-order chi connectivity index (χ1) is 12.6. The van der Waals surface area contributed by atoms with Gasteiger partial charge in [-0.05, 0) is 31.7 Å². The van der Waals surface area contributed by atoms with Crippen molar-refractivity contribution in [1.29, 1.82) is 0 Å². The summed E-state index contributed by atoms with van der Waals surface area (Å²) in [6.45, 7) is 5.45. The molecule has 1 fully saturated rings. The molecule has 0 saturated carbocycles. The van der Waals surface area contributed by atoms with Crippen molar-refractivity contribution in [2.24, 2.45) is 0 Å². The van der Waals surface area contributed by atoms with Crippen molar-refractivity contribution in [3.8, 4) is 11.3 Å². The van der Waals surface area contributed by atoms with Gasteiger partial charge in [-0.2, -0.15) is 0 Å². The zero-order valence-electron chi connectivity index (χ0n) is 15.3. The van der Waals surface area contributed by atoms with E-state index in [1.807, 2.05) is 47.4 Å². The van der Waals surface area contributed by atoms with Gasteiger partial charge in [-0.3, -0.25) is 4.79 Å². The molecule has 4 rings (SSSR count). The van der Waals surface area contributed by atoms with Crippen molar-refractivity contribution in [3.05, 3.63) is 65.7 Å². The number of rotatable bonds is 2. The Morgan fingerprint density at radius 1 is 0.962 bits per heavy atom. The Labute approximate surface area is 154 Å². The first-order valence-electron chi connectivity index (χ1n) is 9.07. The van der Waals surface area contributed by atoms with Crippen LogP contribution in [0.15, 0.2) is 54.6 Å². The van der Waals surface area contributed by atoms with Crippen LogP contribution in [0.5, 0.6) is 0 Å². The van der Waals surface area contributed by atoms with Crippen LogP contribution >= 0.6 is 0 Å². The fourth-order valence-corrected chi connectivity index (χ4v) is 3.53. The van der Waals surface area contributed by atoms with Crippen molar-refractivity contribution in [3.63, 3.8) is 0 Å². The van der Waals surface area contributed by atoms with Crippen molar-refractivity contribution < 1.29 is 4.79 Å². The fourth-order valence-electron chi connectivity index (χ4n) is 3.53. The van der Waals surface area contributed by atoms with Crippen LogP contribution in [0.3, 0.4) is 0 Å². The van der Waals surface area contributed by atoms with E-state index in [-0.39, 0.29) is 5.91 Å². The molecule has 0 bridgehead atoms. The Hall–Kier alpha value is -2.72. The predicted octanol–water partition coefficient (Wildman–Crippen LogP) is 3.60. The van der Waals surface area contributed by atoms with Gasteiger partial charge in [0.25, 0.3) is 5.91 Å². The largest absolute Gasteiger partial charge is 0.336 e. The third kappa shape index (κ3) is 3.08. The summed E-state index contributed by atoms with van der Waals surface area (Å²) in [4.78, 5) is 22.3. The van der Waals surface area contributed by atoms with E-state index >= 15 is 0 Å². The lowest BCUT2D eigenvalue weighted by atomic mass is 10.0. The van der Waals surface area contributed by atoms with Crippen molar-refractivity contribution in [2.45, 2.75) is 6.92 Å². The number of aromatic nitrogens is 1. The molecular weight excluding hydrogens is 322 g/mol. The summed E-state index contributed by atoms with van der Waals surface area (Å²) in [7, 11) is 2.10. The lowest BCUT2D eigenvalue weighted by Gasteiger charge is -2.32. The molecule has 26 heavy (non-hydrogen) atoms. The maximum absolute atomic E-state index is 13.3. The number of hydrogen-bond acceptors (Lipinski definition) is 3. The molecule has 2 heterocycles. The maximum Gasteiger partial charge on any atom is 0.254 e. The number of carbonyl (C=O) groups is 1. The summed E-state index contributed by atoms with van der Waals surface area (Å²) in [5.74, 6) is 0.103. The summed E-state index contributed by atoms with van der Waals surface area (Å²) in [5.41, 5.74) is 4.71. The van der Waals surface area contributed by atoms with E-state index in [9.17, 15) is 4.79 Å². The SMILES string of the molecule is Cc1ccccc1-c1cc(C(=O)N2CCN(C)CC2)c2ccccc2n1. The van der Waals surface area contributed by atoms with Crippen LogP contribution in [0.4, 0.5) is 0 Å². The van der Waals surface area contributed by atoms with E-state index in [1.165, 1.54) is 0 Å². The first-order valence-corrected chi connectivity index (χ1v) is 9.07. The summed E-state index contributed by atoms with van der Waals surface area (Å²) in [5, 5.41) is 0.925. The topological polar surface area (TPSA) is 36.4 Å². The normalized spacial score (nSPS) is 15.4. The predicted molar refractivity (Wildman–Crippen MR) is 105 cm³/mol. The number of fused-ring (bicyclic) bond motifs is 1. The molecule has 3 aromatic rings. The number of nitrogens with zero attached hydrogens (tertiary/aromatic N) is 3. The Kier molecular flexibility index (Phi) is 4.43. The smallest absolute Gasteiger partial charge is 0.254 e. The number of benzene rings is 2. The van der Waals surface area contributed by atoms with Gasteiger partial charge in [0.2, 0.25) is 0 Å². The maximum atomic E-state index is 13.3. The van der Waals surface area contributed by atoms with Gasteiger partial charge in [0.15, 0.2) is 0 Å². The lowest BCUT2D eigenvalue weighted by Crippen LogP contribution is -2.47. The van der Waals surface area contributed by atoms with Gasteiger partial charge in [0.1, 0.15) is 0 Å². The molecule has 1 aromatic heterocycles. The molecule has 2 aromatic carbocycles. The third-order valence-electron chi connectivity index (χ3n) is 5.16. The van der Waals surface area contributed by atoms with Crippen LogP contribution in [0, 0.1) is 6.92 Å². The molecule has 0 radical (unpaired) electrons. The summed E-state index contributed by atoms with van der Waals surface area (Å²) in [6.07, 6.45) is 0. The minimum Gasteiger partial charge on any atom is -0.336 e. The van der Waals surface area contributed by atoms with E-state index in [2.05, 4.69) is 31.0 Å². The number of piperazine rings is 1. The van der Waals surface area contributed by atoms with E-state index in [1.54, 1.807) is 0 Å². The molecule has 1 amide bonds. The average molecular weight is 345 g/mol. The molecule has 1 aliphatic rings. The van der Waals surface area contributed by atoms with Gasteiger partial charge in [-0.25, -0.2) is 4.98 Å². The zero-order valence-corrected chi connectivity index (χ0v) is 15.3. The van der Waals surface area contributed by atoms with Crippen LogP contribution in [0.1, 0.15) is 15.9 Å². The van der Waals surface area contributed by atoms with Gasteiger partial charge in [0, 0.05) is 37.1 Å². The Morgan fingerprint density at radius 2 is 1.65 bits per heavy atom. The molecule has 0 spiro atoms. The van der Waals surface area contributed by atoms with Crippen LogP contribution in [-0.4, -0.2) is 53.9 Å². The minimum atomic E-state index is 0.103. The van der Waals surface area contributed by atoms with Crippen LogP contribution in [-0.2, 0) is 0 Å². The molecule has 0 N–H and O–H groups in total. The second kappa shape index (κ2) is 6.89. The van der Waals surface area contributed by atoms with E-state index in [4.69, 9.17) is 4.98 Å². The highest BCUT2D eigenvalue weighted by molar-refractivity contribution is 6.07. The van der Waals surface area contributed by atoms with Crippen molar-refractivity contribution in [1.82, 2.24) is 14.8 Å². The number of aryl methyl sites for hydroxylation is 1. The molecule has 132 valence electrons. The van der Waals surface area contributed by atoms with Gasteiger partial charge >= 0.3 is 0 Å². The number of pyridine rings is 1. The molecule has 4 nitrogen and oxygen atoms in total. The third-order valence-corrected chi connectivity index (χ3v) is 5.16. The Balaban J connectivity index is 1.83. The number of carbonyl (C=O) groups excluding carboxylic acids is 1. The first kappa shape index (κ1) is 16.7. The summed E-state index contributed by atoms with van der Waals surface area (Å²) in [6, 6.07) is 18.1. The Bertz CT molecular complexity index is 959. The lowest BCUT2D eigenvalue weighted by molar-refractivity contribution is 0.0666. The molecule has 1 aliphatic heterocycles. The second-order valence-corrected chi connectivity index (χ2v) is 6.98. The van der Waals surface area contributed by atoms with E-state index in [0.29, 0.717) is 0 Å². The highest BCUT2D eigenvalue weighted by Crippen LogP contribution is 2.28. The highest BCUT2D eigenvalue weighted by Gasteiger charge is 2.23. The number of amides is 1. The van der Waals surface area contributed by atoms with Gasteiger partial charge in [0.05, 0.1) is 16.8 Å². The molecule has 0 aliphatic carbocycles. The number of likely N-dealkylation sites (N-methyl/N-ethyl adjacent to an activating group) is 1. The number of hydrogen-bond donors (Lipinski definition) is 0. The average Bonchev–Trinajstić information content (AvgIpc) is 2.67. The van der Waals surface area contributed by atoms with Crippen LogP contribution in [0.25, 0.3) is 22.2 Å². The summed E-state index contributed by atoms with van der Waals surface area (Å²) < 4.78 is 0. The van der Waals surface area contributed by atoms with Crippen LogP contribution < -0.4 is 0 Å². The highest BCUT2D eigenvalue weighted by atomic mass is 16.2. The zero-order chi connectivity index (χ0) is 18.1. The van der Waals surface area contributed by atoms with Crippen molar-refractivity contribution >= 4 is 16.8 Å². The van der Waals surface area contributed by atoms with Crippen molar-refractivity contribution in [2.75, 3.05) is 33.2 Å². The molecule has 0 atom stereocenters. The van der Waals surface area contributed by atoms with Gasteiger partial charge in [-0.15, -0.1) is 0 Å². The van der Waals surface area contributed by atoms with Crippen LogP contribution in [0.2, 0.25) is 0 Å². The fraction of sp³-hybridized carbons (Fsp3) is 0.273. The number of para-hydroxylation sites is 1. The van der Waals surface area contributed by atoms with E-state index < -0.39 is 0 Å². The summed E-state index contributed by atoms with van der Waals surface area (Å²) >= 11 is 0. The van der Waals surface area contributed by atoms with Gasteiger partial charge < -0.3 is 9.80 Å². The monoisotopic (exact) mass is 345 g/mol. The second-order valence-electron chi connectivity index (χ2n) is 6.98.